The molecule has 34 heavy (non-hydrogen) atoms. The van der Waals surface area contributed by atoms with Gasteiger partial charge in [-0.3, -0.25) is 10.2 Å². The summed E-state index contributed by atoms with van der Waals surface area (Å²) in [5, 5.41) is 7.90. The molecule has 1 aliphatic carbocycles. The normalized spacial score (nSPS) is 18.0. The zero-order chi connectivity index (χ0) is 23.7. The number of nitrogens with one attached hydrogen (secondary N) is 1. The second kappa shape index (κ2) is 10.4. The van der Waals surface area contributed by atoms with E-state index in [1.165, 1.54) is 24.2 Å². The fraction of sp³-hybridized carbons (Fsp3) is 0.360. The number of hydrogen-bond donors (Lipinski definition) is 1. The molecular weight excluding hydrogens is 511 g/mol. The highest BCUT2D eigenvalue weighted by atomic mass is 35.5. The highest BCUT2D eigenvalue weighted by Gasteiger charge is 2.30. The first-order valence-electron chi connectivity index (χ1n) is 11.6. The third kappa shape index (κ3) is 5.07. The van der Waals surface area contributed by atoms with Crippen molar-refractivity contribution in [2.45, 2.75) is 44.9 Å². The van der Waals surface area contributed by atoms with Gasteiger partial charge in [0.05, 0.1) is 20.7 Å². The van der Waals surface area contributed by atoms with E-state index in [2.05, 4.69) is 11.5 Å². The monoisotopic (exact) mass is 534 g/mol. The number of hydrogen-bond acceptors (Lipinski definition) is 4. The molecule has 0 spiro atoms. The van der Waals surface area contributed by atoms with Crippen molar-refractivity contribution < 1.29 is 4.79 Å². The molecule has 1 amide bonds. The Bertz CT molecular complexity index is 1240. The van der Waals surface area contributed by atoms with Crippen molar-refractivity contribution >= 4 is 63.7 Å². The van der Waals surface area contributed by atoms with Gasteiger partial charge in [-0.2, -0.15) is 5.10 Å². The lowest BCUT2D eigenvalue weighted by molar-refractivity contribution is 0.0787. The second-order valence-electron chi connectivity index (χ2n) is 8.69. The Hall–Kier alpha value is -1.83. The van der Waals surface area contributed by atoms with Crippen LogP contribution in [0.15, 0.2) is 30.3 Å². The van der Waals surface area contributed by atoms with Gasteiger partial charge in [-0.15, -0.1) is 11.3 Å². The molecule has 5 nitrogen and oxygen atoms in total. The molecule has 0 radical (unpaired) electrons. The number of aromatic nitrogens is 2. The lowest BCUT2D eigenvalue weighted by Gasteiger charge is -2.21. The van der Waals surface area contributed by atoms with E-state index in [9.17, 15) is 4.79 Å². The topological polar surface area (TPSA) is 50.2 Å². The average molecular weight is 536 g/mol. The fourth-order valence-electron chi connectivity index (χ4n) is 4.70. The van der Waals surface area contributed by atoms with Crippen LogP contribution >= 0.6 is 46.1 Å². The van der Waals surface area contributed by atoms with Gasteiger partial charge in [0.15, 0.2) is 5.69 Å². The Morgan fingerprint density at radius 1 is 1.00 bits per heavy atom. The van der Waals surface area contributed by atoms with E-state index in [4.69, 9.17) is 39.9 Å². The summed E-state index contributed by atoms with van der Waals surface area (Å²) < 4.78 is 2.56. The van der Waals surface area contributed by atoms with E-state index in [1.807, 2.05) is 27.9 Å². The van der Waals surface area contributed by atoms with Gasteiger partial charge in [-0.05, 0) is 74.1 Å². The number of benzene rings is 1. The molecule has 0 atom stereocenters. The number of carbonyl (C=O) groups is 1. The Kier molecular flexibility index (Phi) is 7.32. The van der Waals surface area contributed by atoms with Crippen molar-refractivity contribution in [3.63, 3.8) is 0 Å². The van der Waals surface area contributed by atoms with Crippen LogP contribution in [0.1, 0.15) is 65.1 Å². The zero-order valence-electron chi connectivity index (χ0n) is 18.6. The summed E-state index contributed by atoms with van der Waals surface area (Å²) in [5.41, 5.74) is 7.28. The highest BCUT2D eigenvalue weighted by Crippen LogP contribution is 2.38. The van der Waals surface area contributed by atoms with Gasteiger partial charge in [-0.25, -0.2) is 9.69 Å². The minimum atomic E-state index is -0.164. The molecule has 1 N–H and O–H groups in total. The molecule has 0 unspecified atom stereocenters. The lowest BCUT2D eigenvalue weighted by Crippen LogP contribution is -2.43. The van der Waals surface area contributed by atoms with Crippen LogP contribution in [-0.2, 0) is 6.42 Å². The summed E-state index contributed by atoms with van der Waals surface area (Å²) in [6.07, 6.45) is 9.33. The summed E-state index contributed by atoms with van der Waals surface area (Å²) in [6, 6.07) is 9.25. The molecule has 9 heteroatoms. The largest absolute Gasteiger partial charge is 0.286 e. The maximum atomic E-state index is 13.4. The van der Waals surface area contributed by atoms with Gasteiger partial charge in [0.1, 0.15) is 0 Å². The molecule has 3 aromatic rings. The maximum absolute atomic E-state index is 13.4. The van der Waals surface area contributed by atoms with Crippen LogP contribution in [0.5, 0.6) is 0 Å². The summed E-state index contributed by atoms with van der Waals surface area (Å²) in [7, 11) is 0. The number of hydrazine groups is 1. The molecule has 0 bridgehead atoms. The first-order chi connectivity index (χ1) is 16.5. The van der Waals surface area contributed by atoms with Crippen LogP contribution < -0.4 is 5.43 Å². The van der Waals surface area contributed by atoms with Crippen molar-refractivity contribution in [2.75, 3.05) is 13.1 Å². The van der Waals surface area contributed by atoms with Crippen LogP contribution in [0.3, 0.4) is 0 Å². The van der Waals surface area contributed by atoms with Crippen LogP contribution in [0.2, 0.25) is 14.4 Å². The summed E-state index contributed by atoms with van der Waals surface area (Å²) in [6.45, 7) is 1.73. The number of nitrogens with zero attached hydrogens (tertiary/aromatic N) is 3. The number of rotatable bonds is 4. The Morgan fingerprint density at radius 3 is 2.50 bits per heavy atom. The van der Waals surface area contributed by atoms with Crippen LogP contribution in [0, 0.1) is 0 Å². The highest BCUT2D eigenvalue weighted by molar-refractivity contribution is 7.17. The summed E-state index contributed by atoms with van der Waals surface area (Å²) in [4.78, 5) is 14.5. The van der Waals surface area contributed by atoms with E-state index >= 15 is 0 Å². The fourth-order valence-corrected chi connectivity index (χ4v) is 6.22. The van der Waals surface area contributed by atoms with Crippen LogP contribution in [-0.4, -0.2) is 33.8 Å². The van der Waals surface area contributed by atoms with E-state index in [0.717, 1.165) is 71.2 Å². The molecule has 1 fully saturated rings. The Labute approximate surface area is 218 Å². The molecule has 0 saturated carbocycles. The quantitative estimate of drug-likeness (QED) is 0.381. The number of amides is 1. The predicted molar refractivity (Wildman–Crippen MR) is 141 cm³/mol. The standard InChI is InChI=1S/C25H25Cl3N4OS/c26-17-8-10-21(20(27)15-17)32-24-16(14-18-9-11-22(28)34-18)6-5-7-19(24)23(29-32)25(33)30-31-12-3-1-2-4-13-31/h8-11,14-15H,1-7,12-13H2,(H,30,33). The van der Waals surface area contributed by atoms with Crippen molar-refractivity contribution in [3.8, 4) is 5.69 Å². The first kappa shape index (κ1) is 23.9. The van der Waals surface area contributed by atoms with Gasteiger partial charge >= 0.3 is 0 Å². The lowest BCUT2D eigenvalue weighted by atomic mass is 9.90. The van der Waals surface area contributed by atoms with Gasteiger partial charge in [0.25, 0.3) is 5.91 Å². The molecule has 1 saturated heterocycles. The molecule has 2 aromatic heterocycles. The second-order valence-corrected chi connectivity index (χ2v) is 11.3. The van der Waals surface area contributed by atoms with Gasteiger partial charge < -0.3 is 0 Å². The van der Waals surface area contributed by atoms with E-state index in [-0.39, 0.29) is 5.91 Å². The molecule has 178 valence electrons. The van der Waals surface area contributed by atoms with Gasteiger partial charge in [0, 0.05) is 28.6 Å². The molecule has 2 aliphatic rings. The van der Waals surface area contributed by atoms with Crippen LogP contribution in [0.4, 0.5) is 0 Å². The minimum Gasteiger partial charge on any atom is -0.283 e. The zero-order valence-corrected chi connectivity index (χ0v) is 21.7. The summed E-state index contributed by atoms with van der Waals surface area (Å²) >= 11 is 20.5. The number of carbonyl (C=O) groups excluding carboxylic acids is 1. The maximum Gasteiger partial charge on any atom is 0.286 e. The molecule has 3 heterocycles. The number of thiophene rings is 1. The first-order valence-corrected chi connectivity index (χ1v) is 13.5. The third-order valence-corrected chi connectivity index (χ3v) is 8.01. The van der Waals surface area contributed by atoms with Crippen molar-refractivity contribution in [1.29, 1.82) is 0 Å². The predicted octanol–water partition coefficient (Wildman–Crippen LogP) is 7.29. The van der Waals surface area contributed by atoms with E-state index in [1.54, 1.807) is 12.1 Å². The Morgan fingerprint density at radius 2 is 1.79 bits per heavy atom. The molecule has 1 aliphatic heterocycles. The van der Waals surface area contributed by atoms with Crippen molar-refractivity contribution in [1.82, 2.24) is 20.2 Å². The molecule has 1 aromatic carbocycles. The minimum absolute atomic E-state index is 0.164. The van der Waals surface area contributed by atoms with Crippen LogP contribution in [0.25, 0.3) is 17.3 Å². The average Bonchev–Trinajstić information content (AvgIpc) is 3.30. The smallest absolute Gasteiger partial charge is 0.283 e. The SMILES string of the molecule is O=C(NN1CCCCCC1)c1nn(-c2ccc(Cl)cc2Cl)c2c1CCCC2=Cc1ccc(Cl)s1. The molecule has 5 rings (SSSR count). The Balaban J connectivity index is 1.60. The van der Waals surface area contributed by atoms with E-state index in [0.29, 0.717) is 21.4 Å². The van der Waals surface area contributed by atoms with Gasteiger partial charge in [-0.1, -0.05) is 47.6 Å². The molecular formula is C25H25Cl3N4OS. The van der Waals surface area contributed by atoms with Crippen molar-refractivity contribution in [2.24, 2.45) is 0 Å². The number of fused-ring (bicyclic) bond motifs is 1. The summed E-state index contributed by atoms with van der Waals surface area (Å²) in [5.74, 6) is -0.164. The number of halogens is 3. The van der Waals surface area contributed by atoms with E-state index < -0.39 is 0 Å². The van der Waals surface area contributed by atoms with Crippen molar-refractivity contribution in [3.05, 3.63) is 66.5 Å². The van der Waals surface area contributed by atoms with Gasteiger partial charge in [0.2, 0.25) is 0 Å². The number of allylic oxidation sites excluding steroid dienone is 1. The third-order valence-electron chi connectivity index (χ3n) is 6.29.